The molecule has 0 atom stereocenters. The first-order valence-corrected chi connectivity index (χ1v) is 6.83. The number of nitrogens with zero attached hydrogens (tertiary/aromatic N) is 1. The third kappa shape index (κ3) is 1.95. The Balaban J connectivity index is 1.80. The maximum Gasteiger partial charge on any atom is 0.0399 e. The fraction of sp³-hybridized carbons (Fsp3) is 0.600. The van der Waals surface area contributed by atoms with Crippen molar-refractivity contribution in [2.75, 3.05) is 24.5 Å². The van der Waals surface area contributed by atoms with Crippen LogP contribution in [0.25, 0.3) is 0 Å². The largest absolute Gasteiger partial charge is 0.371 e. The van der Waals surface area contributed by atoms with Gasteiger partial charge >= 0.3 is 0 Å². The number of likely N-dealkylation sites (N-methyl/N-ethyl adjacent to an activating group) is 1. The van der Waals surface area contributed by atoms with Gasteiger partial charge in [-0.2, -0.15) is 0 Å². The molecule has 1 fully saturated rings. The average molecular weight is 230 g/mol. The number of rotatable bonds is 4. The van der Waals surface area contributed by atoms with E-state index in [1.165, 1.54) is 49.0 Å². The van der Waals surface area contributed by atoms with Crippen LogP contribution in [0.3, 0.4) is 0 Å². The van der Waals surface area contributed by atoms with Crippen molar-refractivity contribution in [1.82, 2.24) is 0 Å². The zero-order chi connectivity index (χ0) is 11.9. The molecule has 2 nitrogen and oxygen atoms in total. The van der Waals surface area contributed by atoms with Gasteiger partial charge in [0.2, 0.25) is 0 Å². The number of hydrogen-bond acceptors (Lipinski definition) is 2. The van der Waals surface area contributed by atoms with Crippen molar-refractivity contribution >= 4 is 5.69 Å². The lowest BCUT2D eigenvalue weighted by Gasteiger charge is -2.17. The van der Waals surface area contributed by atoms with E-state index in [2.05, 4.69) is 30.0 Å². The smallest absolute Gasteiger partial charge is 0.0399 e. The summed E-state index contributed by atoms with van der Waals surface area (Å²) in [6, 6.07) is 7.04. The summed E-state index contributed by atoms with van der Waals surface area (Å²) in [5.41, 5.74) is 10.8. The molecule has 3 rings (SSSR count). The van der Waals surface area contributed by atoms with Crippen LogP contribution in [0.5, 0.6) is 0 Å². The molecule has 0 radical (unpaired) electrons. The lowest BCUT2D eigenvalue weighted by atomic mass is 9.95. The Kier molecular flexibility index (Phi) is 2.62. The van der Waals surface area contributed by atoms with Gasteiger partial charge in [0.05, 0.1) is 0 Å². The average Bonchev–Trinajstić information content (AvgIpc) is 3.01. The summed E-state index contributed by atoms with van der Waals surface area (Å²) in [7, 11) is 0. The summed E-state index contributed by atoms with van der Waals surface area (Å²) < 4.78 is 0. The van der Waals surface area contributed by atoms with Crippen molar-refractivity contribution in [3.63, 3.8) is 0 Å². The molecule has 0 aromatic heterocycles. The van der Waals surface area contributed by atoms with Gasteiger partial charge < -0.3 is 10.6 Å². The van der Waals surface area contributed by atoms with Crippen molar-refractivity contribution in [3.8, 4) is 0 Å². The molecule has 0 amide bonds. The zero-order valence-corrected chi connectivity index (χ0v) is 10.7. The van der Waals surface area contributed by atoms with Crippen LogP contribution in [0.4, 0.5) is 5.69 Å². The van der Waals surface area contributed by atoms with E-state index >= 15 is 0 Å². The van der Waals surface area contributed by atoms with Gasteiger partial charge in [-0.25, -0.2) is 0 Å². The molecule has 2 N–H and O–H groups in total. The minimum atomic E-state index is 0.456. The van der Waals surface area contributed by atoms with E-state index in [4.69, 9.17) is 5.73 Å². The highest BCUT2D eigenvalue weighted by Crippen LogP contribution is 2.47. The topological polar surface area (TPSA) is 29.3 Å². The van der Waals surface area contributed by atoms with Crippen LogP contribution in [-0.4, -0.2) is 19.6 Å². The Labute approximate surface area is 104 Å². The lowest BCUT2D eigenvalue weighted by Crippen LogP contribution is -2.19. The first kappa shape index (κ1) is 11.1. The molecule has 0 spiro atoms. The fourth-order valence-corrected chi connectivity index (χ4v) is 3.02. The summed E-state index contributed by atoms with van der Waals surface area (Å²) in [5.74, 6) is 0. The van der Waals surface area contributed by atoms with E-state index in [0.717, 1.165) is 13.1 Å². The van der Waals surface area contributed by atoms with Crippen LogP contribution in [0.15, 0.2) is 18.2 Å². The molecule has 1 aromatic carbocycles. The van der Waals surface area contributed by atoms with Crippen LogP contribution >= 0.6 is 0 Å². The minimum absolute atomic E-state index is 0.456. The Morgan fingerprint density at radius 2 is 2.18 bits per heavy atom. The third-order valence-corrected chi connectivity index (χ3v) is 4.49. The van der Waals surface area contributed by atoms with Crippen LogP contribution in [0.2, 0.25) is 0 Å². The summed E-state index contributed by atoms with van der Waals surface area (Å²) in [6.07, 6.45) is 5.04. The van der Waals surface area contributed by atoms with Gasteiger partial charge in [0.1, 0.15) is 0 Å². The molecule has 1 saturated carbocycles. The molecule has 2 aliphatic rings. The van der Waals surface area contributed by atoms with Gasteiger partial charge in [-0.1, -0.05) is 12.1 Å². The van der Waals surface area contributed by atoms with Crippen molar-refractivity contribution in [1.29, 1.82) is 0 Å². The van der Waals surface area contributed by atoms with Gasteiger partial charge in [-0.3, -0.25) is 0 Å². The molecule has 0 unspecified atom stereocenters. The quantitative estimate of drug-likeness (QED) is 0.860. The van der Waals surface area contributed by atoms with Crippen molar-refractivity contribution in [2.45, 2.75) is 32.6 Å². The van der Waals surface area contributed by atoms with Gasteiger partial charge in [0, 0.05) is 18.8 Å². The van der Waals surface area contributed by atoms with E-state index in [1.54, 1.807) is 0 Å². The second-order valence-corrected chi connectivity index (χ2v) is 5.67. The van der Waals surface area contributed by atoms with E-state index in [9.17, 15) is 0 Å². The molecule has 92 valence electrons. The normalized spacial score (nSPS) is 20.5. The van der Waals surface area contributed by atoms with Gasteiger partial charge in [-0.15, -0.1) is 0 Å². The number of benzene rings is 1. The SMILES string of the molecule is CCN1CCc2cc(CC3(CN)CC3)ccc21. The van der Waals surface area contributed by atoms with E-state index in [-0.39, 0.29) is 0 Å². The van der Waals surface area contributed by atoms with Crippen molar-refractivity contribution in [3.05, 3.63) is 29.3 Å². The molecular weight excluding hydrogens is 208 g/mol. The molecule has 17 heavy (non-hydrogen) atoms. The Morgan fingerprint density at radius 3 is 2.82 bits per heavy atom. The second kappa shape index (κ2) is 4.02. The lowest BCUT2D eigenvalue weighted by molar-refractivity contribution is 0.521. The molecule has 0 bridgehead atoms. The third-order valence-electron chi connectivity index (χ3n) is 4.49. The standard InChI is InChI=1S/C15H22N2/c1-2-17-8-5-13-9-12(3-4-14(13)17)10-15(11-16)6-7-15/h3-4,9H,2,5-8,10-11,16H2,1H3. The number of nitrogens with two attached hydrogens (primary N) is 1. The predicted octanol–water partition coefficient (Wildman–Crippen LogP) is 2.35. The molecule has 2 heteroatoms. The van der Waals surface area contributed by atoms with Crippen molar-refractivity contribution in [2.24, 2.45) is 11.1 Å². The predicted molar refractivity (Wildman–Crippen MR) is 72.5 cm³/mol. The van der Waals surface area contributed by atoms with Crippen LogP contribution < -0.4 is 10.6 Å². The summed E-state index contributed by atoms with van der Waals surface area (Å²) in [5, 5.41) is 0. The first-order chi connectivity index (χ1) is 8.26. The molecule has 1 aliphatic heterocycles. The molecule has 1 aliphatic carbocycles. The van der Waals surface area contributed by atoms with Crippen LogP contribution in [-0.2, 0) is 12.8 Å². The molecule has 1 heterocycles. The van der Waals surface area contributed by atoms with Crippen LogP contribution in [0.1, 0.15) is 30.9 Å². The van der Waals surface area contributed by atoms with E-state index < -0.39 is 0 Å². The molecule has 1 aromatic rings. The van der Waals surface area contributed by atoms with Gasteiger partial charge in [-0.05, 0) is 61.8 Å². The molecule has 0 saturated heterocycles. The summed E-state index contributed by atoms with van der Waals surface area (Å²) in [6.45, 7) is 5.40. The van der Waals surface area contributed by atoms with Crippen molar-refractivity contribution < 1.29 is 0 Å². The van der Waals surface area contributed by atoms with Crippen LogP contribution in [0, 0.1) is 5.41 Å². The number of anilines is 1. The minimum Gasteiger partial charge on any atom is -0.371 e. The fourth-order valence-electron chi connectivity index (χ4n) is 3.02. The summed E-state index contributed by atoms with van der Waals surface area (Å²) >= 11 is 0. The highest BCUT2D eigenvalue weighted by Gasteiger charge is 2.41. The molecular formula is C15H22N2. The zero-order valence-electron chi connectivity index (χ0n) is 10.7. The maximum atomic E-state index is 5.86. The first-order valence-electron chi connectivity index (χ1n) is 6.83. The van der Waals surface area contributed by atoms with Gasteiger partial charge in [0.25, 0.3) is 0 Å². The van der Waals surface area contributed by atoms with E-state index in [1.807, 2.05) is 0 Å². The number of fused-ring (bicyclic) bond motifs is 1. The monoisotopic (exact) mass is 230 g/mol. The highest BCUT2D eigenvalue weighted by atomic mass is 15.1. The van der Waals surface area contributed by atoms with E-state index in [0.29, 0.717) is 5.41 Å². The van der Waals surface area contributed by atoms with Gasteiger partial charge in [0.15, 0.2) is 0 Å². The Bertz CT molecular complexity index is 421. The Morgan fingerprint density at radius 1 is 1.35 bits per heavy atom. The Hall–Kier alpha value is -1.02. The number of hydrogen-bond donors (Lipinski definition) is 1. The maximum absolute atomic E-state index is 5.86. The highest BCUT2D eigenvalue weighted by molar-refractivity contribution is 5.59. The second-order valence-electron chi connectivity index (χ2n) is 5.67. The summed E-state index contributed by atoms with van der Waals surface area (Å²) in [4.78, 5) is 2.47.